The van der Waals surface area contributed by atoms with Gasteiger partial charge >= 0.3 is 0 Å². The number of hydrogen-bond donors (Lipinski definition) is 1. The van der Waals surface area contributed by atoms with Gasteiger partial charge in [0.25, 0.3) is 0 Å². The van der Waals surface area contributed by atoms with Crippen molar-refractivity contribution in [3.05, 3.63) is 42.0 Å². The molecule has 1 N–H and O–H groups in total. The minimum atomic E-state index is -0.300. The lowest BCUT2D eigenvalue weighted by Gasteiger charge is -2.27. The first-order chi connectivity index (χ1) is 10.3. The van der Waals surface area contributed by atoms with Crippen LogP contribution < -0.4 is 4.74 Å². The first-order valence-corrected chi connectivity index (χ1v) is 7.59. The number of aliphatic hydroxyl groups excluding tert-OH is 1. The Morgan fingerprint density at radius 1 is 1.24 bits per heavy atom. The van der Waals surface area contributed by atoms with Crippen LogP contribution in [-0.2, 0) is 11.2 Å². The third kappa shape index (κ3) is 3.20. The minimum absolute atomic E-state index is 0.300. The molecule has 1 saturated heterocycles. The highest BCUT2D eigenvalue weighted by Crippen LogP contribution is 2.27. The van der Waals surface area contributed by atoms with E-state index in [-0.39, 0.29) is 6.10 Å². The molecule has 3 rings (SSSR count). The first-order valence-electron chi connectivity index (χ1n) is 7.59. The molecule has 0 spiro atoms. The first kappa shape index (κ1) is 14.4. The van der Waals surface area contributed by atoms with E-state index in [4.69, 9.17) is 9.47 Å². The molecule has 21 heavy (non-hydrogen) atoms. The number of benzene rings is 2. The summed E-state index contributed by atoms with van der Waals surface area (Å²) >= 11 is 0. The summed E-state index contributed by atoms with van der Waals surface area (Å²) in [7, 11) is 1.68. The smallest absolute Gasteiger partial charge is 0.119 e. The average molecular weight is 286 g/mol. The summed E-state index contributed by atoms with van der Waals surface area (Å²) < 4.78 is 10.7. The Bertz CT molecular complexity index is 602. The average Bonchev–Trinajstić information content (AvgIpc) is 2.55. The van der Waals surface area contributed by atoms with E-state index in [9.17, 15) is 5.11 Å². The highest BCUT2D eigenvalue weighted by atomic mass is 16.5. The third-order valence-electron chi connectivity index (χ3n) is 4.42. The molecule has 1 fully saturated rings. The third-order valence-corrected chi connectivity index (χ3v) is 4.42. The van der Waals surface area contributed by atoms with Crippen LogP contribution in [0.5, 0.6) is 5.75 Å². The maximum Gasteiger partial charge on any atom is 0.119 e. The normalized spacial score (nSPS) is 17.8. The van der Waals surface area contributed by atoms with E-state index in [2.05, 4.69) is 30.3 Å². The van der Waals surface area contributed by atoms with Crippen molar-refractivity contribution < 1.29 is 14.6 Å². The van der Waals surface area contributed by atoms with Crippen LogP contribution in [0.3, 0.4) is 0 Å². The van der Waals surface area contributed by atoms with Gasteiger partial charge in [0.1, 0.15) is 5.75 Å². The molecule has 0 aromatic heterocycles. The summed E-state index contributed by atoms with van der Waals surface area (Å²) in [6, 6.07) is 12.4. The van der Waals surface area contributed by atoms with Crippen molar-refractivity contribution in [3.8, 4) is 5.75 Å². The van der Waals surface area contributed by atoms with E-state index in [1.165, 1.54) is 16.3 Å². The van der Waals surface area contributed by atoms with E-state index < -0.39 is 0 Å². The van der Waals surface area contributed by atoms with Gasteiger partial charge in [-0.15, -0.1) is 0 Å². The Balaban J connectivity index is 1.85. The van der Waals surface area contributed by atoms with Crippen LogP contribution >= 0.6 is 0 Å². The Morgan fingerprint density at radius 3 is 2.81 bits per heavy atom. The summed E-state index contributed by atoms with van der Waals surface area (Å²) in [5, 5.41) is 12.9. The molecule has 0 saturated carbocycles. The minimum Gasteiger partial charge on any atom is -0.497 e. The van der Waals surface area contributed by atoms with Crippen molar-refractivity contribution in [2.45, 2.75) is 25.4 Å². The van der Waals surface area contributed by atoms with Crippen LogP contribution in [0.2, 0.25) is 0 Å². The summed E-state index contributed by atoms with van der Waals surface area (Å²) in [4.78, 5) is 0. The quantitative estimate of drug-likeness (QED) is 0.938. The Labute approximate surface area is 125 Å². The largest absolute Gasteiger partial charge is 0.497 e. The fourth-order valence-corrected chi connectivity index (χ4v) is 3.11. The van der Waals surface area contributed by atoms with Crippen LogP contribution in [0.15, 0.2) is 36.4 Å². The lowest BCUT2D eigenvalue weighted by molar-refractivity contribution is 0.00851. The molecule has 1 aliphatic rings. The second kappa shape index (κ2) is 6.46. The fraction of sp³-hybridized carbons (Fsp3) is 0.444. The number of rotatable bonds is 4. The van der Waals surface area contributed by atoms with Gasteiger partial charge in [0, 0.05) is 13.2 Å². The molecule has 1 atom stereocenters. The van der Waals surface area contributed by atoms with Crippen LogP contribution in [0.1, 0.15) is 18.4 Å². The standard InChI is InChI=1S/C18H22O3/c1-20-16-6-5-13-3-2-4-15(17(13)12-16)11-18(19)14-7-9-21-10-8-14/h2-6,12,14,18-19H,7-11H2,1H3. The zero-order valence-electron chi connectivity index (χ0n) is 12.4. The molecule has 2 aromatic rings. The monoisotopic (exact) mass is 286 g/mol. The molecule has 3 heteroatoms. The lowest BCUT2D eigenvalue weighted by atomic mass is 9.88. The topological polar surface area (TPSA) is 38.7 Å². The molecular formula is C18H22O3. The van der Waals surface area contributed by atoms with Crippen LogP contribution in [0, 0.1) is 5.92 Å². The maximum absolute atomic E-state index is 10.5. The molecule has 1 aliphatic heterocycles. The zero-order chi connectivity index (χ0) is 14.7. The van der Waals surface area contributed by atoms with E-state index in [1.807, 2.05) is 6.07 Å². The number of aliphatic hydroxyl groups is 1. The predicted octanol–water partition coefficient (Wildman–Crippen LogP) is 3.18. The van der Waals surface area contributed by atoms with Crippen molar-refractivity contribution >= 4 is 10.8 Å². The van der Waals surface area contributed by atoms with Gasteiger partial charge in [-0.3, -0.25) is 0 Å². The summed E-state index contributed by atoms with van der Waals surface area (Å²) in [6.45, 7) is 1.54. The number of methoxy groups -OCH3 is 1. The van der Waals surface area contributed by atoms with Gasteiger partial charge in [0.15, 0.2) is 0 Å². The summed E-state index contributed by atoms with van der Waals surface area (Å²) in [6.07, 6.45) is 2.30. The van der Waals surface area contributed by atoms with Crippen molar-refractivity contribution in [2.75, 3.05) is 20.3 Å². The summed E-state index contributed by atoms with van der Waals surface area (Å²) in [5.74, 6) is 1.20. The van der Waals surface area contributed by atoms with Gasteiger partial charge in [0.2, 0.25) is 0 Å². The highest BCUT2D eigenvalue weighted by molar-refractivity contribution is 5.87. The van der Waals surface area contributed by atoms with E-state index in [1.54, 1.807) is 7.11 Å². The molecule has 0 radical (unpaired) electrons. The van der Waals surface area contributed by atoms with Crippen LogP contribution in [0.4, 0.5) is 0 Å². The van der Waals surface area contributed by atoms with Gasteiger partial charge in [-0.2, -0.15) is 0 Å². The molecule has 0 aliphatic carbocycles. The van der Waals surface area contributed by atoms with Crippen molar-refractivity contribution in [1.29, 1.82) is 0 Å². The van der Waals surface area contributed by atoms with E-state index >= 15 is 0 Å². The number of ether oxygens (including phenoxy) is 2. The van der Waals surface area contributed by atoms with Gasteiger partial charge in [-0.05, 0) is 53.6 Å². The fourth-order valence-electron chi connectivity index (χ4n) is 3.11. The molecule has 0 bridgehead atoms. The molecule has 1 unspecified atom stereocenters. The summed E-state index contributed by atoms with van der Waals surface area (Å²) in [5.41, 5.74) is 1.19. The maximum atomic E-state index is 10.5. The molecule has 112 valence electrons. The Morgan fingerprint density at radius 2 is 2.05 bits per heavy atom. The number of hydrogen-bond acceptors (Lipinski definition) is 3. The predicted molar refractivity (Wildman–Crippen MR) is 83.8 cm³/mol. The second-order valence-electron chi connectivity index (χ2n) is 5.73. The second-order valence-corrected chi connectivity index (χ2v) is 5.73. The molecular weight excluding hydrogens is 264 g/mol. The van der Waals surface area contributed by atoms with Gasteiger partial charge < -0.3 is 14.6 Å². The molecule has 1 heterocycles. The van der Waals surface area contributed by atoms with Crippen molar-refractivity contribution in [1.82, 2.24) is 0 Å². The van der Waals surface area contributed by atoms with E-state index in [0.29, 0.717) is 12.3 Å². The number of fused-ring (bicyclic) bond motifs is 1. The zero-order valence-corrected chi connectivity index (χ0v) is 12.4. The Hall–Kier alpha value is -1.58. The SMILES string of the molecule is COc1ccc2cccc(CC(O)C3CCOCC3)c2c1. The van der Waals surface area contributed by atoms with Crippen LogP contribution in [0.25, 0.3) is 10.8 Å². The Kier molecular flexibility index (Phi) is 4.42. The van der Waals surface area contributed by atoms with Crippen molar-refractivity contribution in [2.24, 2.45) is 5.92 Å². The molecule has 3 nitrogen and oxygen atoms in total. The lowest BCUT2D eigenvalue weighted by Crippen LogP contribution is -2.28. The molecule has 0 amide bonds. The highest BCUT2D eigenvalue weighted by Gasteiger charge is 2.22. The molecule has 2 aromatic carbocycles. The van der Waals surface area contributed by atoms with E-state index in [0.717, 1.165) is 31.8 Å². The van der Waals surface area contributed by atoms with Crippen molar-refractivity contribution in [3.63, 3.8) is 0 Å². The van der Waals surface area contributed by atoms with Gasteiger partial charge in [0.05, 0.1) is 13.2 Å². The van der Waals surface area contributed by atoms with Gasteiger partial charge in [-0.25, -0.2) is 0 Å². The van der Waals surface area contributed by atoms with Crippen LogP contribution in [-0.4, -0.2) is 31.5 Å². The van der Waals surface area contributed by atoms with Gasteiger partial charge in [-0.1, -0.05) is 24.3 Å².